The molecule has 0 radical (unpaired) electrons. The van der Waals surface area contributed by atoms with E-state index in [-0.39, 0.29) is 26.2 Å². The average Bonchev–Trinajstić information content (AvgIpc) is 3.26. The summed E-state index contributed by atoms with van der Waals surface area (Å²) in [6.07, 6.45) is 1.08. The summed E-state index contributed by atoms with van der Waals surface area (Å²) in [5.41, 5.74) is 11.5. The molecule has 1 aliphatic rings. The number of aryl methyl sites for hydroxylation is 2. The van der Waals surface area contributed by atoms with Crippen molar-refractivity contribution < 1.29 is 26.2 Å². The van der Waals surface area contributed by atoms with Crippen molar-refractivity contribution in [2.75, 3.05) is 0 Å². The summed E-state index contributed by atoms with van der Waals surface area (Å²) < 4.78 is 0. The maximum absolute atomic E-state index is 3.72. The molecule has 5 aromatic carbocycles. The predicted octanol–water partition coefficient (Wildman–Crippen LogP) is 9.28. The molecule has 0 fully saturated rings. The van der Waals surface area contributed by atoms with Gasteiger partial charge in [0.1, 0.15) is 0 Å². The smallest absolute Gasteiger partial charge is 0.199 e. The molecule has 0 spiro atoms. The first-order valence-corrected chi connectivity index (χ1v) is 12.2. The van der Waals surface area contributed by atoms with Gasteiger partial charge in [-0.3, -0.25) is 0 Å². The van der Waals surface area contributed by atoms with Gasteiger partial charge in [-0.25, -0.2) is 0 Å². The zero-order valence-electron chi connectivity index (χ0n) is 21.9. The zero-order chi connectivity index (χ0) is 25.8. The summed E-state index contributed by atoms with van der Waals surface area (Å²) in [7, 11) is 0. The van der Waals surface area contributed by atoms with E-state index in [9.17, 15) is 0 Å². The molecule has 0 aliphatic heterocycles. The first kappa shape index (κ1) is 29.8. The maximum atomic E-state index is 3.72. The van der Waals surface area contributed by atoms with Crippen LogP contribution in [-0.2, 0) is 32.6 Å². The molecule has 0 heterocycles. The molecule has 5 aromatic rings. The van der Waals surface area contributed by atoms with Crippen LogP contribution in [0.5, 0.6) is 0 Å². The Balaban J connectivity index is 0.000000187. The number of hydrogen-bond acceptors (Lipinski definition) is 0. The molecule has 182 valence electrons. The summed E-state index contributed by atoms with van der Waals surface area (Å²) >= 11 is 0. The second-order valence-electron chi connectivity index (χ2n) is 8.76. The molecule has 37 heavy (non-hydrogen) atoms. The van der Waals surface area contributed by atoms with E-state index in [2.05, 4.69) is 71.0 Å². The maximum Gasteiger partial charge on any atom is 4.00 e. The van der Waals surface area contributed by atoms with Gasteiger partial charge < -0.3 is 0 Å². The summed E-state index contributed by atoms with van der Waals surface area (Å²) in [4.78, 5) is 0. The molecule has 0 bridgehead atoms. The molecular formula is C36H34Zr. The Morgan fingerprint density at radius 2 is 0.946 bits per heavy atom. The van der Waals surface area contributed by atoms with Crippen LogP contribution in [0.4, 0.5) is 0 Å². The van der Waals surface area contributed by atoms with Crippen LogP contribution >= 0.6 is 0 Å². The molecule has 1 heteroatoms. The summed E-state index contributed by atoms with van der Waals surface area (Å²) in [5, 5.41) is 0. The van der Waals surface area contributed by atoms with Gasteiger partial charge in [0, 0.05) is 0 Å². The third-order valence-electron chi connectivity index (χ3n) is 5.73. The van der Waals surface area contributed by atoms with Crippen molar-refractivity contribution in [1.29, 1.82) is 0 Å². The normalized spacial score (nSPS) is 9.89. The molecule has 0 amide bonds. The van der Waals surface area contributed by atoms with Gasteiger partial charge >= 0.3 is 26.2 Å². The molecule has 0 N–H and O–H groups in total. The van der Waals surface area contributed by atoms with Crippen molar-refractivity contribution in [3.63, 3.8) is 0 Å². The number of fused-ring (bicyclic) bond motifs is 3. The Hall–Kier alpha value is -3.41. The van der Waals surface area contributed by atoms with E-state index >= 15 is 0 Å². The van der Waals surface area contributed by atoms with Crippen molar-refractivity contribution in [2.45, 2.75) is 20.3 Å². The molecule has 6 rings (SSSR count). The van der Waals surface area contributed by atoms with Crippen LogP contribution < -0.4 is 0 Å². The largest absolute Gasteiger partial charge is 4.00 e. The van der Waals surface area contributed by atoms with E-state index in [0.717, 1.165) is 23.1 Å². The predicted molar refractivity (Wildman–Crippen MR) is 156 cm³/mol. The number of hydrogen-bond donors (Lipinski definition) is 0. The number of rotatable bonds is 0. The minimum Gasteiger partial charge on any atom is -0.199 e. The topological polar surface area (TPSA) is 0 Å². The van der Waals surface area contributed by atoms with E-state index in [4.69, 9.17) is 0 Å². The first-order chi connectivity index (χ1) is 17.4. The second-order valence-corrected chi connectivity index (χ2v) is 8.76. The minimum atomic E-state index is 0. The number of benzene rings is 5. The van der Waals surface area contributed by atoms with E-state index in [1.165, 1.54) is 33.4 Å². The van der Waals surface area contributed by atoms with Gasteiger partial charge in [0.05, 0.1) is 0 Å². The van der Waals surface area contributed by atoms with Crippen LogP contribution in [-0.4, -0.2) is 0 Å². The molecular weight excluding hydrogens is 524 g/mol. The molecule has 1 aliphatic carbocycles. The fraction of sp³-hybridized carbons (Fsp3) is 0.0833. The zero-order valence-corrected chi connectivity index (χ0v) is 24.3. The van der Waals surface area contributed by atoms with E-state index in [1.54, 1.807) is 0 Å². The van der Waals surface area contributed by atoms with Crippen molar-refractivity contribution in [3.05, 3.63) is 187 Å². The van der Waals surface area contributed by atoms with Crippen LogP contribution in [0.3, 0.4) is 0 Å². The van der Waals surface area contributed by atoms with E-state index in [1.807, 2.05) is 91.0 Å². The third-order valence-corrected chi connectivity index (χ3v) is 5.73. The van der Waals surface area contributed by atoms with E-state index in [0.29, 0.717) is 0 Å². The van der Waals surface area contributed by atoms with Crippen molar-refractivity contribution in [3.8, 4) is 11.1 Å². The monoisotopic (exact) mass is 556 g/mol. The van der Waals surface area contributed by atoms with Crippen LogP contribution in [0.25, 0.3) is 11.1 Å². The van der Waals surface area contributed by atoms with Crippen LogP contribution in [0.15, 0.2) is 121 Å². The van der Waals surface area contributed by atoms with Crippen LogP contribution in [0, 0.1) is 40.7 Å². The summed E-state index contributed by atoms with van der Waals surface area (Å²) in [6.45, 7) is 15.4. The van der Waals surface area contributed by atoms with Crippen molar-refractivity contribution in [1.82, 2.24) is 0 Å². The van der Waals surface area contributed by atoms with Gasteiger partial charge in [0.2, 0.25) is 0 Å². The van der Waals surface area contributed by atoms with Gasteiger partial charge in [-0.05, 0) is 17.5 Å². The standard InChI is InChI=1S/C15H13.3C7H7.Zr/c1-10-7-11(2)14-9-12-5-3-4-6-13(12)15(14)8-10;3*1-7-5-3-2-4-6-7;/h3-6,8H,9H2,1-2H3;3*2-6H,1H2;/q4*-1;+4. The third kappa shape index (κ3) is 9.87. The summed E-state index contributed by atoms with van der Waals surface area (Å²) in [5.74, 6) is 0. The fourth-order valence-corrected chi connectivity index (χ4v) is 3.94. The Morgan fingerprint density at radius 3 is 1.35 bits per heavy atom. The first-order valence-electron chi connectivity index (χ1n) is 12.2. The van der Waals surface area contributed by atoms with Crippen LogP contribution in [0.1, 0.15) is 38.9 Å². The molecule has 0 saturated carbocycles. The summed E-state index contributed by atoms with van der Waals surface area (Å²) in [6, 6.07) is 44.0. The molecule has 0 atom stereocenters. The molecule has 0 aromatic heterocycles. The Labute approximate surface area is 243 Å². The van der Waals surface area contributed by atoms with Crippen molar-refractivity contribution in [2.24, 2.45) is 0 Å². The van der Waals surface area contributed by atoms with E-state index < -0.39 is 0 Å². The Bertz CT molecular complexity index is 1230. The fourth-order valence-electron chi connectivity index (χ4n) is 3.94. The second kappa shape index (κ2) is 15.6. The van der Waals surface area contributed by atoms with Gasteiger partial charge in [-0.15, -0.1) is 47.5 Å². The quantitative estimate of drug-likeness (QED) is 0.163. The van der Waals surface area contributed by atoms with Crippen LogP contribution in [0.2, 0.25) is 0 Å². The molecule has 0 saturated heterocycles. The molecule has 0 nitrogen and oxygen atoms in total. The average molecular weight is 558 g/mol. The minimum absolute atomic E-state index is 0. The Kier molecular flexibility index (Phi) is 12.6. The van der Waals surface area contributed by atoms with Gasteiger partial charge in [0.15, 0.2) is 0 Å². The van der Waals surface area contributed by atoms with Crippen molar-refractivity contribution >= 4 is 0 Å². The molecule has 0 unspecified atom stereocenters. The van der Waals surface area contributed by atoms with Gasteiger partial charge in [-0.1, -0.05) is 56.3 Å². The SMILES string of the molecule is Cc1[c-]c(C)c2c(c1)-c1ccccc1C2.[CH2-]c1ccccc1.[CH2-]c1ccccc1.[CH2-]c1ccccc1.[Zr+4]. The van der Waals surface area contributed by atoms with Gasteiger partial charge in [-0.2, -0.15) is 97.1 Å². The van der Waals surface area contributed by atoms with Gasteiger partial charge in [0.25, 0.3) is 0 Å². The Morgan fingerprint density at radius 1 is 0.541 bits per heavy atom.